The number of hydrogen-bond donors (Lipinski definition) is 2. The van der Waals surface area contributed by atoms with Gasteiger partial charge in [0.2, 0.25) is 5.91 Å². The Morgan fingerprint density at radius 3 is 2.32 bits per heavy atom. The van der Waals surface area contributed by atoms with Crippen LogP contribution in [0.3, 0.4) is 0 Å². The standard InChI is InChI=1S/C20H23BrN2O5/c1-26-17-10-14(16(21)11-18(17)27-2)8-9-22-19(24)12-23-20(25)13-28-15-6-4-3-5-7-15/h3-7,10-11H,8-9,12-13H2,1-2H3,(H,22,24)(H,23,25). The zero-order chi connectivity index (χ0) is 20.4. The SMILES string of the molecule is COc1cc(Br)c(CCNC(=O)CNC(=O)COc2ccccc2)cc1OC. The molecular formula is C20H23BrN2O5. The van der Waals surface area contributed by atoms with E-state index in [0.29, 0.717) is 30.2 Å². The Bertz CT molecular complexity index is 799. The minimum absolute atomic E-state index is 0.107. The third-order valence-electron chi connectivity index (χ3n) is 3.83. The molecule has 0 spiro atoms. The van der Waals surface area contributed by atoms with Gasteiger partial charge < -0.3 is 24.8 Å². The van der Waals surface area contributed by atoms with Crippen LogP contribution in [0, 0.1) is 0 Å². The molecule has 28 heavy (non-hydrogen) atoms. The second-order valence-electron chi connectivity index (χ2n) is 5.78. The molecular weight excluding hydrogens is 428 g/mol. The minimum atomic E-state index is -0.360. The van der Waals surface area contributed by atoms with Gasteiger partial charge >= 0.3 is 0 Å². The molecule has 0 aliphatic carbocycles. The number of rotatable bonds is 10. The van der Waals surface area contributed by atoms with Crippen LogP contribution in [0.25, 0.3) is 0 Å². The monoisotopic (exact) mass is 450 g/mol. The van der Waals surface area contributed by atoms with E-state index in [9.17, 15) is 9.59 Å². The first-order chi connectivity index (χ1) is 13.5. The number of para-hydroxylation sites is 1. The van der Waals surface area contributed by atoms with Crippen LogP contribution in [-0.4, -0.2) is 45.7 Å². The van der Waals surface area contributed by atoms with Gasteiger partial charge in [-0.2, -0.15) is 0 Å². The van der Waals surface area contributed by atoms with Gasteiger partial charge in [-0.1, -0.05) is 34.1 Å². The molecule has 2 rings (SSSR count). The summed E-state index contributed by atoms with van der Waals surface area (Å²) in [6, 6.07) is 12.7. The average Bonchev–Trinajstić information content (AvgIpc) is 2.72. The first kappa shape index (κ1) is 21.6. The van der Waals surface area contributed by atoms with Crippen LogP contribution in [0.15, 0.2) is 46.9 Å². The van der Waals surface area contributed by atoms with E-state index in [0.717, 1.165) is 10.0 Å². The van der Waals surface area contributed by atoms with Crippen molar-refractivity contribution in [2.24, 2.45) is 0 Å². The van der Waals surface area contributed by atoms with Crippen molar-refractivity contribution >= 4 is 27.7 Å². The fourth-order valence-corrected chi connectivity index (χ4v) is 2.90. The van der Waals surface area contributed by atoms with Crippen LogP contribution in [-0.2, 0) is 16.0 Å². The van der Waals surface area contributed by atoms with Crippen LogP contribution in [0.5, 0.6) is 17.2 Å². The Morgan fingerprint density at radius 1 is 0.964 bits per heavy atom. The Hall–Kier alpha value is -2.74. The van der Waals surface area contributed by atoms with E-state index in [1.165, 1.54) is 0 Å². The summed E-state index contributed by atoms with van der Waals surface area (Å²) in [5, 5.41) is 5.29. The van der Waals surface area contributed by atoms with E-state index >= 15 is 0 Å². The van der Waals surface area contributed by atoms with Crippen molar-refractivity contribution in [1.82, 2.24) is 10.6 Å². The van der Waals surface area contributed by atoms with Gasteiger partial charge in [-0.25, -0.2) is 0 Å². The van der Waals surface area contributed by atoms with Gasteiger partial charge in [-0.3, -0.25) is 9.59 Å². The van der Waals surface area contributed by atoms with Crippen molar-refractivity contribution in [2.45, 2.75) is 6.42 Å². The third kappa shape index (κ3) is 6.77. The number of amides is 2. The zero-order valence-corrected chi connectivity index (χ0v) is 17.4. The van der Waals surface area contributed by atoms with E-state index in [1.807, 2.05) is 30.3 Å². The van der Waals surface area contributed by atoms with Crippen molar-refractivity contribution in [3.63, 3.8) is 0 Å². The molecule has 2 aromatic carbocycles. The molecule has 0 unspecified atom stereocenters. The van der Waals surface area contributed by atoms with Gasteiger partial charge in [-0.05, 0) is 36.2 Å². The molecule has 150 valence electrons. The lowest BCUT2D eigenvalue weighted by molar-refractivity contribution is -0.127. The van der Waals surface area contributed by atoms with Crippen LogP contribution in [0.4, 0.5) is 0 Å². The zero-order valence-electron chi connectivity index (χ0n) is 15.8. The van der Waals surface area contributed by atoms with Crippen molar-refractivity contribution in [1.29, 1.82) is 0 Å². The van der Waals surface area contributed by atoms with Gasteiger partial charge in [0.25, 0.3) is 5.91 Å². The fraction of sp³-hybridized carbons (Fsp3) is 0.300. The highest BCUT2D eigenvalue weighted by Crippen LogP contribution is 2.33. The number of halogens is 1. The summed E-state index contributed by atoms with van der Waals surface area (Å²) in [6.45, 7) is 0.170. The minimum Gasteiger partial charge on any atom is -0.493 e. The van der Waals surface area contributed by atoms with Gasteiger partial charge in [0.05, 0.1) is 20.8 Å². The molecule has 0 heterocycles. The predicted octanol–water partition coefficient (Wildman–Crippen LogP) is 2.32. The molecule has 0 atom stereocenters. The predicted molar refractivity (Wildman–Crippen MR) is 109 cm³/mol. The van der Waals surface area contributed by atoms with Gasteiger partial charge in [0.1, 0.15) is 5.75 Å². The van der Waals surface area contributed by atoms with E-state index in [-0.39, 0.29) is 25.0 Å². The number of carbonyl (C=O) groups is 2. The molecule has 0 radical (unpaired) electrons. The molecule has 8 heteroatoms. The second kappa shape index (κ2) is 11.2. The summed E-state index contributed by atoms with van der Waals surface area (Å²) in [5.41, 5.74) is 0.971. The maximum atomic E-state index is 11.9. The van der Waals surface area contributed by atoms with Crippen molar-refractivity contribution in [2.75, 3.05) is 33.9 Å². The van der Waals surface area contributed by atoms with Crippen LogP contribution >= 0.6 is 15.9 Å². The van der Waals surface area contributed by atoms with Crippen LogP contribution < -0.4 is 24.8 Å². The molecule has 7 nitrogen and oxygen atoms in total. The third-order valence-corrected chi connectivity index (χ3v) is 4.57. The highest BCUT2D eigenvalue weighted by Gasteiger charge is 2.10. The summed E-state index contributed by atoms with van der Waals surface area (Å²) in [7, 11) is 3.14. The summed E-state index contributed by atoms with van der Waals surface area (Å²) < 4.78 is 16.7. The maximum Gasteiger partial charge on any atom is 0.258 e. The molecule has 0 aromatic heterocycles. The van der Waals surface area contributed by atoms with Crippen LogP contribution in [0.2, 0.25) is 0 Å². The van der Waals surface area contributed by atoms with Gasteiger partial charge in [0.15, 0.2) is 18.1 Å². The first-order valence-electron chi connectivity index (χ1n) is 8.65. The quantitative estimate of drug-likeness (QED) is 0.579. The number of carbonyl (C=O) groups excluding carboxylic acids is 2. The number of benzene rings is 2. The van der Waals surface area contributed by atoms with Crippen molar-refractivity contribution < 1.29 is 23.8 Å². The number of methoxy groups -OCH3 is 2. The number of nitrogens with one attached hydrogen (secondary N) is 2. The smallest absolute Gasteiger partial charge is 0.258 e. The molecule has 0 saturated heterocycles. The lowest BCUT2D eigenvalue weighted by atomic mass is 10.1. The largest absolute Gasteiger partial charge is 0.493 e. The molecule has 0 aliphatic heterocycles. The van der Waals surface area contributed by atoms with E-state index < -0.39 is 0 Å². The summed E-state index contributed by atoms with van der Waals surface area (Å²) in [6.07, 6.45) is 0.595. The fourth-order valence-electron chi connectivity index (χ4n) is 2.38. The summed E-state index contributed by atoms with van der Waals surface area (Å²) in [5.74, 6) is 1.22. The molecule has 2 amide bonds. The highest BCUT2D eigenvalue weighted by molar-refractivity contribution is 9.10. The normalized spacial score (nSPS) is 10.1. The van der Waals surface area contributed by atoms with E-state index in [2.05, 4.69) is 26.6 Å². The molecule has 0 aliphatic rings. The first-order valence-corrected chi connectivity index (χ1v) is 9.44. The molecule has 0 fully saturated rings. The second-order valence-corrected chi connectivity index (χ2v) is 6.63. The topological polar surface area (TPSA) is 85.9 Å². The number of ether oxygens (including phenoxy) is 3. The molecule has 0 bridgehead atoms. The average molecular weight is 451 g/mol. The Balaban J connectivity index is 1.70. The molecule has 2 aromatic rings. The highest BCUT2D eigenvalue weighted by atomic mass is 79.9. The van der Waals surface area contributed by atoms with Crippen molar-refractivity contribution in [3.8, 4) is 17.2 Å². The summed E-state index contributed by atoms with van der Waals surface area (Å²) >= 11 is 3.49. The van der Waals surface area contributed by atoms with Crippen molar-refractivity contribution in [3.05, 3.63) is 52.5 Å². The number of hydrogen-bond acceptors (Lipinski definition) is 5. The Labute approximate surface area is 172 Å². The maximum absolute atomic E-state index is 11.9. The Kier molecular flexibility index (Phi) is 8.61. The summed E-state index contributed by atoms with van der Waals surface area (Å²) in [4.78, 5) is 23.6. The van der Waals surface area contributed by atoms with Gasteiger partial charge in [-0.15, -0.1) is 0 Å². The lowest BCUT2D eigenvalue weighted by Crippen LogP contribution is -2.39. The molecule has 2 N–H and O–H groups in total. The molecule has 0 saturated carbocycles. The van der Waals surface area contributed by atoms with Gasteiger partial charge in [0, 0.05) is 11.0 Å². The van der Waals surface area contributed by atoms with Crippen LogP contribution in [0.1, 0.15) is 5.56 Å². The lowest BCUT2D eigenvalue weighted by Gasteiger charge is -2.12. The van der Waals surface area contributed by atoms with E-state index in [4.69, 9.17) is 14.2 Å². The Morgan fingerprint density at radius 2 is 1.64 bits per heavy atom. The van der Waals surface area contributed by atoms with E-state index in [1.54, 1.807) is 26.4 Å².